The van der Waals surface area contributed by atoms with Crippen LogP contribution in [0.1, 0.15) is 0 Å². The van der Waals surface area contributed by atoms with Gasteiger partial charge < -0.3 is 0 Å². The van der Waals surface area contributed by atoms with Crippen LogP contribution in [0.4, 0.5) is 0 Å². The van der Waals surface area contributed by atoms with E-state index in [2.05, 4.69) is 169 Å². The Balaban J connectivity index is 1.39. The number of hydrogen-bond donors (Lipinski definition) is 0. The molecule has 2 heterocycles. The van der Waals surface area contributed by atoms with Gasteiger partial charge >= 0.3 is 0 Å². The molecule has 8 aromatic carbocycles. The average Bonchev–Trinajstić information content (AvgIpc) is 3.55. The standard InChI is InChI=1S/C47H30N2/c1-3-13-32-29(2)14-12-21-34(32)46-37-19-8-6-17-35(37)44(36-18-7-9-20-38(36)46)31-25-26-39-43(28-31)49-42-23-11-10-22-41(42)48-47(49)40-27-24-30-15-4-5-16-33(30)45(39)40/h3-28H,1-2H2/b32-13+. The highest BCUT2D eigenvalue weighted by Gasteiger charge is 2.20. The van der Waals surface area contributed by atoms with E-state index in [-0.39, 0.29) is 0 Å². The third kappa shape index (κ3) is 3.92. The summed E-state index contributed by atoms with van der Waals surface area (Å²) in [4.78, 5) is 5.23. The number of allylic oxidation sites excluding steroid dienone is 1. The SMILES string of the molecule is C=C/C=c1/c(-c2c3ccccc3c(-c3ccc4c5c6ccccc6ccc5c5nc6ccccc6n5c4c3)c3ccccc23)cccc1=C. The van der Waals surface area contributed by atoms with Crippen molar-refractivity contribution in [3.8, 4) is 22.3 Å². The number of pyridine rings is 1. The maximum absolute atomic E-state index is 5.23. The lowest BCUT2D eigenvalue weighted by Crippen LogP contribution is -2.24. The fraction of sp³-hybridized carbons (Fsp3) is 0. The van der Waals surface area contributed by atoms with Gasteiger partial charge in [-0.3, -0.25) is 4.40 Å². The van der Waals surface area contributed by atoms with Gasteiger partial charge in [0.25, 0.3) is 0 Å². The summed E-state index contributed by atoms with van der Waals surface area (Å²) < 4.78 is 2.36. The smallest absolute Gasteiger partial charge is 0.146 e. The molecule has 0 N–H and O–H groups in total. The number of rotatable bonds is 3. The molecule has 0 aliphatic heterocycles. The molecule has 10 rings (SSSR count). The fourth-order valence-corrected chi connectivity index (χ4v) is 8.16. The number of imidazole rings is 1. The van der Waals surface area contributed by atoms with E-state index in [0.717, 1.165) is 43.6 Å². The van der Waals surface area contributed by atoms with Crippen molar-refractivity contribution in [3.05, 3.63) is 169 Å². The van der Waals surface area contributed by atoms with Crippen LogP contribution in [-0.4, -0.2) is 9.38 Å². The van der Waals surface area contributed by atoms with Gasteiger partial charge in [0.05, 0.1) is 16.6 Å². The van der Waals surface area contributed by atoms with Crippen LogP contribution in [0.25, 0.3) is 106 Å². The lowest BCUT2D eigenvalue weighted by molar-refractivity contribution is 1.32. The van der Waals surface area contributed by atoms with Crippen molar-refractivity contribution in [2.24, 2.45) is 0 Å². The van der Waals surface area contributed by atoms with E-state index in [9.17, 15) is 0 Å². The molecule has 0 radical (unpaired) electrons. The molecule has 0 spiro atoms. The maximum Gasteiger partial charge on any atom is 0.146 e. The van der Waals surface area contributed by atoms with Gasteiger partial charge in [0.2, 0.25) is 0 Å². The van der Waals surface area contributed by atoms with Crippen LogP contribution in [-0.2, 0) is 0 Å². The summed E-state index contributed by atoms with van der Waals surface area (Å²) in [6.45, 7) is 8.39. The molecule has 0 amide bonds. The second-order valence-corrected chi connectivity index (χ2v) is 12.8. The predicted molar refractivity (Wildman–Crippen MR) is 211 cm³/mol. The van der Waals surface area contributed by atoms with Crippen LogP contribution >= 0.6 is 0 Å². The second-order valence-electron chi connectivity index (χ2n) is 12.8. The molecule has 10 aromatic rings. The number of benzene rings is 8. The molecule has 49 heavy (non-hydrogen) atoms. The van der Waals surface area contributed by atoms with Crippen molar-refractivity contribution in [1.82, 2.24) is 9.38 Å². The third-order valence-corrected chi connectivity index (χ3v) is 10.2. The number of fused-ring (bicyclic) bond motifs is 12. The Kier molecular flexibility index (Phi) is 5.91. The molecule has 0 saturated carbocycles. The quantitative estimate of drug-likeness (QED) is 0.142. The normalized spacial score (nSPS) is 12.4. The van der Waals surface area contributed by atoms with Gasteiger partial charge in [0.15, 0.2) is 0 Å². The van der Waals surface area contributed by atoms with Gasteiger partial charge in [-0.25, -0.2) is 4.98 Å². The molecule has 0 bridgehead atoms. The van der Waals surface area contributed by atoms with Crippen LogP contribution in [0.5, 0.6) is 0 Å². The first kappa shape index (κ1) is 27.6. The number of para-hydroxylation sites is 2. The van der Waals surface area contributed by atoms with Crippen molar-refractivity contribution in [2.75, 3.05) is 0 Å². The lowest BCUT2D eigenvalue weighted by Gasteiger charge is -2.19. The molecule has 0 saturated heterocycles. The Labute approximate surface area is 282 Å². The largest absolute Gasteiger partial charge is 0.292 e. The summed E-state index contributed by atoms with van der Waals surface area (Å²) in [6.07, 6.45) is 3.93. The summed E-state index contributed by atoms with van der Waals surface area (Å²) in [5, 5.41) is 13.0. The van der Waals surface area contributed by atoms with Crippen molar-refractivity contribution in [2.45, 2.75) is 0 Å². The van der Waals surface area contributed by atoms with Crippen molar-refractivity contribution >= 4 is 83.3 Å². The van der Waals surface area contributed by atoms with Gasteiger partial charge in [-0.1, -0.05) is 147 Å². The van der Waals surface area contributed by atoms with Crippen LogP contribution in [0.2, 0.25) is 0 Å². The highest BCUT2D eigenvalue weighted by molar-refractivity contribution is 6.26. The molecule has 0 atom stereocenters. The topological polar surface area (TPSA) is 17.3 Å². The van der Waals surface area contributed by atoms with Crippen LogP contribution in [0, 0.1) is 0 Å². The summed E-state index contributed by atoms with van der Waals surface area (Å²) in [5.74, 6) is 0. The Morgan fingerprint density at radius 2 is 1.18 bits per heavy atom. The zero-order chi connectivity index (χ0) is 32.6. The first-order valence-electron chi connectivity index (χ1n) is 16.7. The van der Waals surface area contributed by atoms with Gasteiger partial charge in [0.1, 0.15) is 5.65 Å². The number of aromatic nitrogens is 2. The van der Waals surface area contributed by atoms with Crippen LogP contribution < -0.4 is 10.4 Å². The minimum absolute atomic E-state index is 0.982. The van der Waals surface area contributed by atoms with Gasteiger partial charge in [-0.2, -0.15) is 0 Å². The first-order chi connectivity index (χ1) is 24.2. The highest BCUT2D eigenvalue weighted by Crippen LogP contribution is 2.44. The van der Waals surface area contributed by atoms with E-state index in [1.807, 2.05) is 6.08 Å². The van der Waals surface area contributed by atoms with E-state index in [0.29, 0.717) is 0 Å². The Morgan fingerprint density at radius 1 is 0.531 bits per heavy atom. The summed E-state index contributed by atoms with van der Waals surface area (Å²) in [7, 11) is 0. The van der Waals surface area contributed by atoms with E-state index in [1.165, 1.54) is 59.8 Å². The van der Waals surface area contributed by atoms with Crippen molar-refractivity contribution in [1.29, 1.82) is 0 Å². The molecular weight excluding hydrogens is 593 g/mol. The number of nitrogens with zero attached hydrogens (tertiary/aromatic N) is 2. The summed E-state index contributed by atoms with van der Waals surface area (Å²) >= 11 is 0. The Hall–Kier alpha value is -6.51. The third-order valence-electron chi connectivity index (χ3n) is 10.2. The van der Waals surface area contributed by atoms with E-state index in [1.54, 1.807) is 0 Å². The van der Waals surface area contributed by atoms with Gasteiger partial charge in [0, 0.05) is 16.2 Å². The lowest BCUT2D eigenvalue weighted by atomic mass is 9.85. The Morgan fingerprint density at radius 3 is 1.94 bits per heavy atom. The number of hydrogen-bond acceptors (Lipinski definition) is 1. The highest BCUT2D eigenvalue weighted by atomic mass is 15.0. The van der Waals surface area contributed by atoms with Gasteiger partial charge in [-0.15, -0.1) is 0 Å². The van der Waals surface area contributed by atoms with E-state index in [4.69, 9.17) is 4.98 Å². The first-order valence-corrected chi connectivity index (χ1v) is 16.7. The molecule has 0 unspecified atom stereocenters. The molecule has 0 aliphatic carbocycles. The van der Waals surface area contributed by atoms with E-state index < -0.39 is 0 Å². The van der Waals surface area contributed by atoms with Crippen LogP contribution in [0.15, 0.2) is 158 Å². The zero-order valence-corrected chi connectivity index (χ0v) is 26.8. The summed E-state index contributed by atoms with van der Waals surface area (Å²) in [6, 6.07) is 52.7. The minimum Gasteiger partial charge on any atom is -0.292 e. The molecule has 2 heteroatoms. The minimum atomic E-state index is 0.982. The molecule has 2 aromatic heterocycles. The fourth-order valence-electron chi connectivity index (χ4n) is 8.16. The monoisotopic (exact) mass is 622 g/mol. The van der Waals surface area contributed by atoms with Crippen molar-refractivity contribution in [3.63, 3.8) is 0 Å². The molecule has 2 nitrogen and oxygen atoms in total. The van der Waals surface area contributed by atoms with Crippen molar-refractivity contribution < 1.29 is 0 Å². The maximum atomic E-state index is 5.23. The molecule has 228 valence electrons. The Bertz CT molecular complexity index is 3090. The molecule has 0 aliphatic rings. The molecular formula is C47H30N2. The van der Waals surface area contributed by atoms with Gasteiger partial charge in [-0.05, 0) is 89.3 Å². The second kappa shape index (κ2) is 10.5. The molecule has 0 fully saturated rings. The van der Waals surface area contributed by atoms with Crippen LogP contribution in [0.3, 0.4) is 0 Å². The summed E-state index contributed by atoms with van der Waals surface area (Å²) in [5.41, 5.74) is 9.02. The average molecular weight is 623 g/mol. The van der Waals surface area contributed by atoms with E-state index >= 15 is 0 Å². The zero-order valence-electron chi connectivity index (χ0n) is 26.8. The predicted octanol–water partition coefficient (Wildman–Crippen LogP) is 11.0.